The highest BCUT2D eigenvalue weighted by Gasteiger charge is 2.43. The van der Waals surface area contributed by atoms with E-state index in [2.05, 4.69) is 20.9 Å². The van der Waals surface area contributed by atoms with E-state index in [-0.39, 0.29) is 5.92 Å². The molecule has 1 aliphatic heterocycles. The first-order valence-electron chi connectivity index (χ1n) is 9.03. The second-order valence-electron chi connectivity index (χ2n) is 7.18. The maximum atomic E-state index is 12.5. The Morgan fingerprint density at radius 2 is 2.15 bits per heavy atom. The lowest BCUT2D eigenvalue weighted by molar-refractivity contribution is -0.131. The predicted molar refractivity (Wildman–Crippen MR) is 105 cm³/mol. The summed E-state index contributed by atoms with van der Waals surface area (Å²) in [6.45, 7) is 5.31. The van der Waals surface area contributed by atoms with Gasteiger partial charge in [0.05, 0.1) is 17.8 Å². The van der Waals surface area contributed by atoms with Crippen LogP contribution < -0.4 is 10.5 Å². The number of ether oxygens (including phenoxy) is 1. The highest BCUT2D eigenvalue weighted by atomic mass is 35.5. The lowest BCUT2D eigenvalue weighted by atomic mass is 9.85. The van der Waals surface area contributed by atoms with Gasteiger partial charge in [0.25, 0.3) is 0 Å². The van der Waals surface area contributed by atoms with Gasteiger partial charge >= 0.3 is 0 Å². The third kappa shape index (κ3) is 3.77. The molecule has 0 spiro atoms. The zero-order chi connectivity index (χ0) is 19.6. The number of primary amides is 1. The molecule has 2 aromatic rings. The quantitative estimate of drug-likeness (QED) is 0.851. The average molecular weight is 389 g/mol. The number of rotatable bonds is 5. The van der Waals surface area contributed by atoms with E-state index in [0.29, 0.717) is 23.1 Å². The molecule has 1 amide bonds. The second-order valence-corrected chi connectivity index (χ2v) is 7.61. The molecular weight excluding hydrogens is 364 g/mol. The van der Waals surface area contributed by atoms with E-state index in [9.17, 15) is 4.79 Å². The van der Waals surface area contributed by atoms with Gasteiger partial charge in [-0.3, -0.25) is 14.7 Å². The Hall–Kier alpha value is -2.18. The van der Waals surface area contributed by atoms with Gasteiger partial charge in [-0.15, -0.1) is 0 Å². The molecule has 2 N–H and O–H groups in total. The number of piperidine rings is 1. The van der Waals surface area contributed by atoms with E-state index in [1.165, 1.54) is 0 Å². The van der Waals surface area contributed by atoms with E-state index < -0.39 is 11.4 Å². The van der Waals surface area contributed by atoms with Crippen molar-refractivity contribution in [2.75, 3.05) is 20.2 Å². The molecule has 3 heterocycles. The largest absolute Gasteiger partial charge is 0.481 e. The van der Waals surface area contributed by atoms with E-state index >= 15 is 0 Å². The molecule has 2 unspecified atom stereocenters. The minimum absolute atomic E-state index is 0.266. The van der Waals surface area contributed by atoms with Gasteiger partial charge in [0.1, 0.15) is 5.54 Å². The van der Waals surface area contributed by atoms with Crippen LogP contribution in [0.25, 0.3) is 0 Å². The number of amides is 1. The summed E-state index contributed by atoms with van der Waals surface area (Å²) < 4.78 is 5.26. The number of aromatic nitrogens is 2. The molecule has 0 aliphatic carbocycles. The molecule has 0 radical (unpaired) electrons. The van der Waals surface area contributed by atoms with Crippen LogP contribution in [0.1, 0.15) is 42.5 Å². The molecule has 144 valence electrons. The van der Waals surface area contributed by atoms with Crippen molar-refractivity contribution in [1.29, 1.82) is 0 Å². The van der Waals surface area contributed by atoms with E-state index in [1.54, 1.807) is 25.4 Å². The lowest BCUT2D eigenvalue weighted by Crippen LogP contribution is -2.56. The van der Waals surface area contributed by atoms with Gasteiger partial charge < -0.3 is 10.5 Å². The van der Waals surface area contributed by atoms with Crippen molar-refractivity contribution < 1.29 is 9.53 Å². The minimum Gasteiger partial charge on any atom is -0.481 e. The summed E-state index contributed by atoms with van der Waals surface area (Å²) in [5.74, 6) is 0.489. The minimum atomic E-state index is -0.988. The Morgan fingerprint density at radius 3 is 2.74 bits per heavy atom. The zero-order valence-corrected chi connectivity index (χ0v) is 16.7. The van der Waals surface area contributed by atoms with Gasteiger partial charge in [0.15, 0.2) is 0 Å². The third-order valence-electron chi connectivity index (χ3n) is 5.48. The fraction of sp³-hybridized carbons (Fsp3) is 0.450. The topological polar surface area (TPSA) is 81.3 Å². The Morgan fingerprint density at radius 1 is 1.37 bits per heavy atom. The van der Waals surface area contributed by atoms with Crippen molar-refractivity contribution in [1.82, 2.24) is 14.9 Å². The smallest absolute Gasteiger partial charge is 0.243 e. The number of hydrogen-bond donors (Lipinski definition) is 1. The first-order chi connectivity index (χ1) is 12.9. The molecule has 2 atom stereocenters. The lowest BCUT2D eigenvalue weighted by Gasteiger charge is -2.43. The predicted octanol–water partition coefficient (Wildman–Crippen LogP) is 3.03. The van der Waals surface area contributed by atoms with Crippen LogP contribution in [0, 0.1) is 6.92 Å². The van der Waals surface area contributed by atoms with E-state index in [4.69, 9.17) is 22.1 Å². The number of carbonyl (C=O) groups is 1. The third-order valence-corrected chi connectivity index (χ3v) is 5.70. The van der Waals surface area contributed by atoms with Crippen molar-refractivity contribution in [2.24, 2.45) is 5.73 Å². The maximum absolute atomic E-state index is 12.5. The number of aryl methyl sites for hydroxylation is 1. The molecule has 0 aromatic carbocycles. The Balaban J connectivity index is 1.90. The fourth-order valence-electron chi connectivity index (χ4n) is 3.78. The summed E-state index contributed by atoms with van der Waals surface area (Å²) in [5, 5.41) is 0.530. The Labute approximate surface area is 164 Å². The first kappa shape index (κ1) is 19.6. The molecule has 0 saturated carbocycles. The molecule has 0 bridgehead atoms. The van der Waals surface area contributed by atoms with Gasteiger partial charge in [0.2, 0.25) is 11.8 Å². The fourth-order valence-corrected chi connectivity index (χ4v) is 3.90. The molecule has 6 nitrogen and oxygen atoms in total. The monoisotopic (exact) mass is 388 g/mol. The summed E-state index contributed by atoms with van der Waals surface area (Å²) in [4.78, 5) is 23.4. The van der Waals surface area contributed by atoms with E-state index in [0.717, 1.165) is 30.5 Å². The Kier molecular flexibility index (Phi) is 5.67. The van der Waals surface area contributed by atoms with Crippen LogP contribution in [0.5, 0.6) is 5.88 Å². The van der Waals surface area contributed by atoms with Crippen LogP contribution >= 0.6 is 11.6 Å². The first-order valence-corrected chi connectivity index (χ1v) is 9.41. The van der Waals surface area contributed by atoms with Crippen molar-refractivity contribution in [3.63, 3.8) is 0 Å². The zero-order valence-electron chi connectivity index (χ0n) is 15.9. The summed E-state index contributed by atoms with van der Waals surface area (Å²) in [6.07, 6.45) is 5.41. The number of hydrogen-bond acceptors (Lipinski definition) is 5. The number of nitrogens with zero attached hydrogens (tertiary/aromatic N) is 3. The Bertz CT molecular complexity index is 827. The standard InChI is InChI=1S/C20H25ClN4O2/c1-13-9-15(10-24-18(13)27-3)14-5-4-8-25(12-14)20(2,19(22)26)17-7-6-16(21)11-23-17/h6-7,9-11,14H,4-5,8,12H2,1-3H3,(H2,22,26). The normalized spacial score (nSPS) is 20.1. The summed E-state index contributed by atoms with van der Waals surface area (Å²) >= 11 is 5.96. The molecule has 7 heteroatoms. The van der Waals surface area contributed by atoms with Gasteiger partial charge in [-0.05, 0) is 62.9 Å². The van der Waals surface area contributed by atoms with E-state index in [1.807, 2.05) is 20.0 Å². The number of likely N-dealkylation sites (tertiary alicyclic amines) is 1. The number of nitrogens with two attached hydrogens (primary N) is 1. The molecule has 27 heavy (non-hydrogen) atoms. The molecule has 2 aromatic heterocycles. The van der Waals surface area contributed by atoms with Crippen LogP contribution in [0.2, 0.25) is 5.02 Å². The van der Waals surface area contributed by atoms with Crippen molar-refractivity contribution in [2.45, 2.75) is 38.1 Å². The number of methoxy groups -OCH3 is 1. The molecule has 1 saturated heterocycles. The van der Waals surface area contributed by atoms with Gasteiger partial charge in [0, 0.05) is 24.5 Å². The molecule has 3 rings (SSSR count). The summed E-state index contributed by atoms with van der Waals surface area (Å²) in [5.41, 5.74) is 7.61. The highest BCUT2D eigenvalue weighted by molar-refractivity contribution is 6.30. The van der Waals surface area contributed by atoms with Crippen LogP contribution in [0.4, 0.5) is 0 Å². The average Bonchev–Trinajstić information content (AvgIpc) is 2.67. The molecule has 1 fully saturated rings. The van der Waals surface area contributed by atoms with Crippen molar-refractivity contribution >= 4 is 17.5 Å². The van der Waals surface area contributed by atoms with Crippen LogP contribution in [0.3, 0.4) is 0 Å². The van der Waals surface area contributed by atoms with Crippen LogP contribution in [0.15, 0.2) is 30.6 Å². The number of carbonyl (C=O) groups excluding carboxylic acids is 1. The van der Waals surface area contributed by atoms with Gasteiger partial charge in [-0.1, -0.05) is 11.6 Å². The van der Waals surface area contributed by atoms with Crippen LogP contribution in [-0.4, -0.2) is 41.0 Å². The highest BCUT2D eigenvalue weighted by Crippen LogP contribution is 2.36. The summed E-state index contributed by atoms with van der Waals surface area (Å²) in [7, 11) is 1.62. The van der Waals surface area contributed by atoms with Gasteiger partial charge in [-0.2, -0.15) is 0 Å². The number of pyridine rings is 2. The van der Waals surface area contributed by atoms with Crippen molar-refractivity contribution in [3.8, 4) is 5.88 Å². The molecular formula is C20H25ClN4O2. The van der Waals surface area contributed by atoms with Crippen LogP contribution in [-0.2, 0) is 10.3 Å². The second kappa shape index (κ2) is 7.82. The molecule has 1 aliphatic rings. The maximum Gasteiger partial charge on any atom is 0.243 e. The SMILES string of the molecule is COc1ncc(C2CCCN(C(C)(C(N)=O)c3ccc(Cl)cn3)C2)cc1C. The summed E-state index contributed by atoms with van der Waals surface area (Å²) in [6, 6.07) is 5.63. The number of halogens is 1. The van der Waals surface area contributed by atoms with Gasteiger partial charge in [-0.25, -0.2) is 4.98 Å². The van der Waals surface area contributed by atoms with Crippen molar-refractivity contribution in [3.05, 3.63) is 52.4 Å².